The van der Waals surface area contributed by atoms with Crippen molar-refractivity contribution in [3.8, 4) is 5.75 Å². The van der Waals surface area contributed by atoms with Crippen LogP contribution in [-0.2, 0) is 0 Å². The normalized spacial score (nSPS) is 12.7. The number of aliphatic hydroxyl groups is 1. The summed E-state index contributed by atoms with van der Waals surface area (Å²) in [5.41, 5.74) is 3.23. The maximum atomic E-state index is 10.1. The molecular formula is C13H15NO2S. The first-order valence-electron chi connectivity index (χ1n) is 5.49. The first-order chi connectivity index (χ1) is 8.16. The number of rotatable bonds is 4. The second-order valence-electron chi connectivity index (χ2n) is 4.05. The Kier molecular flexibility index (Phi) is 3.76. The molecule has 0 aliphatic rings. The van der Waals surface area contributed by atoms with Gasteiger partial charge in [-0.05, 0) is 31.5 Å². The molecule has 0 saturated heterocycles. The number of hydrogen-bond donors (Lipinski definition) is 1. The molecule has 1 unspecified atom stereocenters. The van der Waals surface area contributed by atoms with Gasteiger partial charge in [0.25, 0.3) is 0 Å². The molecule has 0 aliphatic carbocycles. The van der Waals surface area contributed by atoms with Crippen molar-refractivity contribution in [2.75, 3.05) is 0 Å². The van der Waals surface area contributed by atoms with Gasteiger partial charge in [-0.25, -0.2) is 4.98 Å². The van der Waals surface area contributed by atoms with Crippen LogP contribution < -0.4 is 4.74 Å². The van der Waals surface area contributed by atoms with E-state index in [1.807, 2.05) is 43.5 Å². The molecule has 1 aromatic heterocycles. The predicted octanol–water partition coefficient (Wildman–Crippen LogP) is 3.01. The van der Waals surface area contributed by atoms with Gasteiger partial charge in [0.1, 0.15) is 11.9 Å². The van der Waals surface area contributed by atoms with Gasteiger partial charge in [-0.1, -0.05) is 12.1 Å². The topological polar surface area (TPSA) is 42.4 Å². The Bertz CT molecular complexity index is 451. The molecule has 0 bridgehead atoms. The lowest BCUT2D eigenvalue weighted by Gasteiger charge is -2.12. The van der Waals surface area contributed by atoms with E-state index < -0.39 is 6.10 Å². The SMILES string of the molecule is CC(C)Oc1ccc(C(O)c2cscn2)cc1. The summed E-state index contributed by atoms with van der Waals surface area (Å²) in [6.45, 7) is 3.97. The van der Waals surface area contributed by atoms with Crippen LogP contribution in [0.1, 0.15) is 31.2 Å². The molecule has 2 aromatic rings. The van der Waals surface area contributed by atoms with Crippen LogP contribution in [0.2, 0.25) is 0 Å². The molecule has 1 N–H and O–H groups in total. The Hall–Kier alpha value is -1.39. The Morgan fingerprint density at radius 2 is 1.94 bits per heavy atom. The smallest absolute Gasteiger partial charge is 0.122 e. The minimum Gasteiger partial charge on any atom is -0.491 e. The standard InChI is InChI=1S/C13H15NO2S/c1-9(2)16-11-5-3-10(4-6-11)13(15)12-7-17-8-14-12/h3-9,13,15H,1-2H3. The Morgan fingerprint density at radius 1 is 1.24 bits per heavy atom. The molecule has 90 valence electrons. The van der Waals surface area contributed by atoms with E-state index in [4.69, 9.17) is 4.74 Å². The summed E-state index contributed by atoms with van der Waals surface area (Å²) in [6, 6.07) is 7.46. The highest BCUT2D eigenvalue weighted by atomic mass is 32.1. The highest BCUT2D eigenvalue weighted by molar-refractivity contribution is 7.07. The fraction of sp³-hybridized carbons (Fsp3) is 0.308. The third-order valence-electron chi connectivity index (χ3n) is 2.30. The lowest BCUT2D eigenvalue weighted by molar-refractivity contribution is 0.215. The van der Waals surface area contributed by atoms with Crippen LogP contribution in [-0.4, -0.2) is 16.2 Å². The van der Waals surface area contributed by atoms with Gasteiger partial charge in [-0.15, -0.1) is 11.3 Å². The van der Waals surface area contributed by atoms with E-state index in [-0.39, 0.29) is 6.10 Å². The number of ether oxygens (including phenoxy) is 1. The van der Waals surface area contributed by atoms with Crippen LogP contribution in [0.4, 0.5) is 0 Å². The minimum atomic E-state index is -0.658. The Morgan fingerprint density at radius 3 is 2.47 bits per heavy atom. The average molecular weight is 249 g/mol. The summed E-state index contributed by atoms with van der Waals surface area (Å²) < 4.78 is 5.54. The molecule has 3 nitrogen and oxygen atoms in total. The molecule has 0 spiro atoms. The number of hydrogen-bond acceptors (Lipinski definition) is 4. The monoisotopic (exact) mass is 249 g/mol. The zero-order valence-electron chi connectivity index (χ0n) is 9.83. The van der Waals surface area contributed by atoms with Crippen molar-refractivity contribution in [2.45, 2.75) is 26.1 Å². The summed E-state index contributed by atoms with van der Waals surface area (Å²) in [6.07, 6.45) is -0.501. The maximum absolute atomic E-state index is 10.1. The van der Waals surface area contributed by atoms with Gasteiger partial charge in [0.2, 0.25) is 0 Å². The summed E-state index contributed by atoms with van der Waals surface area (Å²) in [5.74, 6) is 0.814. The molecule has 0 radical (unpaired) electrons. The summed E-state index contributed by atoms with van der Waals surface area (Å²) in [4.78, 5) is 4.10. The zero-order valence-corrected chi connectivity index (χ0v) is 10.6. The van der Waals surface area contributed by atoms with Crippen LogP contribution in [0.3, 0.4) is 0 Å². The molecule has 0 amide bonds. The second kappa shape index (κ2) is 5.29. The van der Waals surface area contributed by atoms with E-state index in [2.05, 4.69) is 4.98 Å². The van der Waals surface area contributed by atoms with Crippen molar-refractivity contribution >= 4 is 11.3 Å². The average Bonchev–Trinajstić information content (AvgIpc) is 2.82. The number of benzene rings is 1. The van der Waals surface area contributed by atoms with E-state index in [9.17, 15) is 5.11 Å². The van der Waals surface area contributed by atoms with Crippen LogP contribution in [0, 0.1) is 0 Å². The van der Waals surface area contributed by atoms with Gasteiger partial charge < -0.3 is 9.84 Å². The molecule has 1 atom stereocenters. The van der Waals surface area contributed by atoms with Crippen molar-refractivity contribution < 1.29 is 9.84 Å². The van der Waals surface area contributed by atoms with Crippen molar-refractivity contribution in [3.63, 3.8) is 0 Å². The van der Waals surface area contributed by atoms with Crippen molar-refractivity contribution in [1.82, 2.24) is 4.98 Å². The molecule has 1 aromatic carbocycles. The van der Waals surface area contributed by atoms with Crippen LogP contribution >= 0.6 is 11.3 Å². The predicted molar refractivity (Wildman–Crippen MR) is 68.4 cm³/mol. The molecule has 0 aliphatic heterocycles. The Labute approximate surface area is 105 Å². The highest BCUT2D eigenvalue weighted by Crippen LogP contribution is 2.23. The largest absolute Gasteiger partial charge is 0.491 e. The summed E-state index contributed by atoms with van der Waals surface area (Å²) in [5, 5.41) is 11.9. The first-order valence-corrected chi connectivity index (χ1v) is 6.44. The summed E-state index contributed by atoms with van der Waals surface area (Å²) in [7, 11) is 0. The van der Waals surface area contributed by atoms with Gasteiger partial charge >= 0.3 is 0 Å². The van der Waals surface area contributed by atoms with Gasteiger partial charge in [0.15, 0.2) is 0 Å². The van der Waals surface area contributed by atoms with Gasteiger partial charge in [-0.3, -0.25) is 0 Å². The Balaban J connectivity index is 2.12. The van der Waals surface area contributed by atoms with E-state index >= 15 is 0 Å². The minimum absolute atomic E-state index is 0.157. The summed E-state index contributed by atoms with van der Waals surface area (Å²) >= 11 is 1.48. The molecule has 1 heterocycles. The number of thiazole rings is 1. The zero-order chi connectivity index (χ0) is 12.3. The molecular weight excluding hydrogens is 234 g/mol. The van der Waals surface area contributed by atoms with Gasteiger partial charge in [-0.2, -0.15) is 0 Å². The molecule has 17 heavy (non-hydrogen) atoms. The van der Waals surface area contributed by atoms with Crippen molar-refractivity contribution in [1.29, 1.82) is 0 Å². The van der Waals surface area contributed by atoms with Crippen LogP contribution in [0.25, 0.3) is 0 Å². The fourth-order valence-corrected chi connectivity index (χ4v) is 2.10. The van der Waals surface area contributed by atoms with Crippen molar-refractivity contribution in [3.05, 3.63) is 46.4 Å². The van der Waals surface area contributed by atoms with Crippen LogP contribution in [0.15, 0.2) is 35.2 Å². The quantitative estimate of drug-likeness (QED) is 0.905. The number of aromatic nitrogens is 1. The fourth-order valence-electron chi connectivity index (χ4n) is 1.53. The van der Waals surface area contributed by atoms with Crippen molar-refractivity contribution in [2.24, 2.45) is 0 Å². The molecule has 4 heteroatoms. The lowest BCUT2D eigenvalue weighted by Crippen LogP contribution is -2.06. The maximum Gasteiger partial charge on any atom is 0.122 e. The van der Waals surface area contributed by atoms with E-state index in [1.54, 1.807) is 5.51 Å². The van der Waals surface area contributed by atoms with E-state index in [0.29, 0.717) is 5.69 Å². The van der Waals surface area contributed by atoms with E-state index in [1.165, 1.54) is 11.3 Å². The number of nitrogens with zero attached hydrogens (tertiary/aromatic N) is 1. The number of aliphatic hydroxyl groups excluding tert-OH is 1. The van der Waals surface area contributed by atoms with E-state index in [0.717, 1.165) is 11.3 Å². The highest BCUT2D eigenvalue weighted by Gasteiger charge is 2.12. The third-order valence-corrected chi connectivity index (χ3v) is 2.90. The van der Waals surface area contributed by atoms with Gasteiger partial charge in [0, 0.05) is 5.38 Å². The van der Waals surface area contributed by atoms with Gasteiger partial charge in [0.05, 0.1) is 17.3 Å². The van der Waals surface area contributed by atoms with Crippen LogP contribution in [0.5, 0.6) is 5.75 Å². The lowest BCUT2D eigenvalue weighted by atomic mass is 10.1. The molecule has 2 rings (SSSR count). The third kappa shape index (κ3) is 3.05. The second-order valence-corrected chi connectivity index (χ2v) is 4.77. The first kappa shape index (κ1) is 12.1. The molecule has 0 fully saturated rings. The molecule has 0 saturated carbocycles.